The highest BCUT2D eigenvalue weighted by Crippen LogP contribution is 2.21. The normalized spacial score (nSPS) is 20.7. The summed E-state index contributed by atoms with van der Waals surface area (Å²) in [4.78, 5) is 15.6. The van der Waals surface area contributed by atoms with Gasteiger partial charge in [0.15, 0.2) is 0 Å². The zero-order chi connectivity index (χ0) is 11.4. The van der Waals surface area contributed by atoms with Crippen LogP contribution in [-0.4, -0.2) is 35.7 Å². The Hall–Kier alpha value is -1.43. The van der Waals surface area contributed by atoms with Gasteiger partial charge in [-0.25, -0.2) is 0 Å². The predicted octanol–water partition coefficient (Wildman–Crippen LogP) is 0.286. The fourth-order valence-corrected chi connectivity index (χ4v) is 1.80. The van der Waals surface area contributed by atoms with Crippen LogP contribution in [0.3, 0.4) is 0 Å². The van der Waals surface area contributed by atoms with Crippen LogP contribution in [0.1, 0.15) is 42.2 Å². The summed E-state index contributed by atoms with van der Waals surface area (Å²) in [6.45, 7) is 4.29. The Morgan fingerprint density at radius 3 is 3.25 bits per heavy atom. The molecular weight excluding hydrogens is 208 g/mol. The lowest BCUT2D eigenvalue weighted by atomic mass is 10.00. The average molecular weight is 224 g/mol. The SMILES string of the molecule is CCNC(=O)c1noc([C@@H]2CCCNC2)n1. The van der Waals surface area contributed by atoms with E-state index in [1.807, 2.05) is 6.92 Å². The molecule has 0 spiro atoms. The molecule has 0 saturated carbocycles. The summed E-state index contributed by atoms with van der Waals surface area (Å²) in [7, 11) is 0. The van der Waals surface area contributed by atoms with Gasteiger partial charge < -0.3 is 15.2 Å². The van der Waals surface area contributed by atoms with Crippen LogP contribution in [0.2, 0.25) is 0 Å². The Balaban J connectivity index is 2.03. The quantitative estimate of drug-likeness (QED) is 0.771. The highest BCUT2D eigenvalue weighted by atomic mass is 16.5. The molecule has 0 aromatic carbocycles. The molecule has 1 aromatic rings. The minimum atomic E-state index is -0.277. The van der Waals surface area contributed by atoms with Gasteiger partial charge >= 0.3 is 0 Å². The summed E-state index contributed by atoms with van der Waals surface area (Å²) in [6.07, 6.45) is 2.13. The van der Waals surface area contributed by atoms with E-state index in [0.717, 1.165) is 25.9 Å². The number of amides is 1. The van der Waals surface area contributed by atoms with Crippen LogP contribution in [0.25, 0.3) is 0 Å². The number of piperidine rings is 1. The van der Waals surface area contributed by atoms with Crippen molar-refractivity contribution < 1.29 is 9.32 Å². The van der Waals surface area contributed by atoms with Crippen molar-refractivity contribution in [3.05, 3.63) is 11.7 Å². The summed E-state index contributed by atoms with van der Waals surface area (Å²) in [5, 5.41) is 9.59. The van der Waals surface area contributed by atoms with Gasteiger partial charge in [-0.05, 0) is 26.3 Å². The van der Waals surface area contributed by atoms with E-state index < -0.39 is 0 Å². The number of hydrogen-bond donors (Lipinski definition) is 2. The highest BCUT2D eigenvalue weighted by Gasteiger charge is 2.23. The minimum Gasteiger partial charge on any atom is -0.349 e. The van der Waals surface area contributed by atoms with E-state index in [4.69, 9.17) is 4.52 Å². The third-order valence-electron chi connectivity index (χ3n) is 2.63. The number of nitrogens with one attached hydrogen (secondary N) is 2. The third kappa shape index (κ3) is 2.38. The largest absolute Gasteiger partial charge is 0.349 e. The lowest BCUT2D eigenvalue weighted by Gasteiger charge is -2.18. The Bertz CT molecular complexity index is 357. The van der Waals surface area contributed by atoms with Crippen molar-refractivity contribution in [3.8, 4) is 0 Å². The van der Waals surface area contributed by atoms with Gasteiger partial charge in [0.25, 0.3) is 11.7 Å². The molecule has 0 aliphatic carbocycles. The maximum Gasteiger partial charge on any atom is 0.292 e. The number of hydrogen-bond acceptors (Lipinski definition) is 5. The first-order valence-corrected chi connectivity index (χ1v) is 5.63. The van der Waals surface area contributed by atoms with Crippen LogP contribution in [0.4, 0.5) is 0 Å². The molecule has 0 unspecified atom stereocenters. The topological polar surface area (TPSA) is 80.0 Å². The number of carbonyl (C=O) groups is 1. The first-order chi connectivity index (χ1) is 7.81. The molecule has 6 nitrogen and oxygen atoms in total. The first kappa shape index (κ1) is 11.1. The molecule has 0 bridgehead atoms. The molecule has 2 N–H and O–H groups in total. The van der Waals surface area contributed by atoms with Gasteiger partial charge in [-0.3, -0.25) is 4.79 Å². The fraction of sp³-hybridized carbons (Fsp3) is 0.700. The van der Waals surface area contributed by atoms with Gasteiger partial charge in [-0.15, -0.1) is 0 Å². The molecule has 1 aliphatic heterocycles. The standard InChI is InChI=1S/C10H16N4O2/c1-2-12-9(15)8-13-10(16-14-8)7-4-3-5-11-6-7/h7,11H,2-6H2,1H3,(H,12,15)/t7-/m1/s1. The second kappa shape index (κ2) is 5.07. The second-order valence-corrected chi connectivity index (χ2v) is 3.86. The molecule has 1 saturated heterocycles. The number of aromatic nitrogens is 2. The number of carbonyl (C=O) groups excluding carboxylic acids is 1. The minimum absolute atomic E-state index is 0.127. The highest BCUT2D eigenvalue weighted by molar-refractivity contribution is 5.90. The van der Waals surface area contributed by atoms with E-state index in [0.29, 0.717) is 12.4 Å². The van der Waals surface area contributed by atoms with E-state index in [1.54, 1.807) is 0 Å². The monoisotopic (exact) mass is 224 g/mol. The zero-order valence-electron chi connectivity index (χ0n) is 9.32. The molecule has 1 amide bonds. The van der Waals surface area contributed by atoms with E-state index in [2.05, 4.69) is 20.8 Å². The van der Waals surface area contributed by atoms with Crippen molar-refractivity contribution >= 4 is 5.91 Å². The Labute approximate surface area is 93.8 Å². The molecule has 2 rings (SSSR count). The lowest BCUT2D eigenvalue weighted by Crippen LogP contribution is -2.28. The molecule has 2 heterocycles. The second-order valence-electron chi connectivity index (χ2n) is 3.86. The van der Waals surface area contributed by atoms with Crippen LogP contribution in [0, 0.1) is 0 Å². The predicted molar refractivity (Wildman–Crippen MR) is 57.1 cm³/mol. The molecule has 6 heteroatoms. The van der Waals surface area contributed by atoms with E-state index in [-0.39, 0.29) is 17.6 Å². The summed E-state index contributed by atoms with van der Waals surface area (Å²) >= 11 is 0. The van der Waals surface area contributed by atoms with E-state index >= 15 is 0 Å². The lowest BCUT2D eigenvalue weighted by molar-refractivity contribution is 0.0942. The molecule has 1 aromatic heterocycles. The van der Waals surface area contributed by atoms with E-state index in [1.165, 1.54) is 0 Å². The van der Waals surface area contributed by atoms with Crippen LogP contribution < -0.4 is 10.6 Å². The molecular formula is C10H16N4O2. The van der Waals surface area contributed by atoms with Crippen molar-refractivity contribution in [1.82, 2.24) is 20.8 Å². The van der Waals surface area contributed by atoms with Crippen LogP contribution in [0.5, 0.6) is 0 Å². The van der Waals surface area contributed by atoms with Crippen LogP contribution >= 0.6 is 0 Å². The maximum atomic E-state index is 11.4. The smallest absolute Gasteiger partial charge is 0.292 e. The van der Waals surface area contributed by atoms with Gasteiger partial charge in [-0.2, -0.15) is 4.98 Å². The first-order valence-electron chi connectivity index (χ1n) is 5.63. The molecule has 0 radical (unpaired) electrons. The maximum absolute atomic E-state index is 11.4. The Kier molecular flexibility index (Phi) is 3.51. The number of rotatable bonds is 3. The van der Waals surface area contributed by atoms with Crippen LogP contribution in [0.15, 0.2) is 4.52 Å². The van der Waals surface area contributed by atoms with Gasteiger partial charge in [0.1, 0.15) is 0 Å². The van der Waals surface area contributed by atoms with Gasteiger partial charge in [0.05, 0.1) is 5.92 Å². The van der Waals surface area contributed by atoms with Crippen molar-refractivity contribution in [2.24, 2.45) is 0 Å². The fourth-order valence-electron chi connectivity index (χ4n) is 1.80. The van der Waals surface area contributed by atoms with Gasteiger partial charge in [0, 0.05) is 13.1 Å². The Morgan fingerprint density at radius 2 is 2.56 bits per heavy atom. The molecule has 1 atom stereocenters. The Morgan fingerprint density at radius 1 is 1.69 bits per heavy atom. The molecule has 16 heavy (non-hydrogen) atoms. The summed E-state index contributed by atoms with van der Waals surface area (Å²) in [5.41, 5.74) is 0. The summed E-state index contributed by atoms with van der Waals surface area (Å²) < 4.78 is 5.11. The van der Waals surface area contributed by atoms with Gasteiger partial charge in [0.2, 0.25) is 5.89 Å². The summed E-state index contributed by atoms with van der Waals surface area (Å²) in [6, 6.07) is 0. The zero-order valence-corrected chi connectivity index (χ0v) is 9.32. The van der Waals surface area contributed by atoms with Gasteiger partial charge in [-0.1, -0.05) is 5.16 Å². The van der Waals surface area contributed by atoms with Crippen molar-refractivity contribution in [3.63, 3.8) is 0 Å². The summed E-state index contributed by atoms with van der Waals surface area (Å²) in [5.74, 6) is 0.654. The van der Waals surface area contributed by atoms with Crippen molar-refractivity contribution in [1.29, 1.82) is 0 Å². The molecule has 1 fully saturated rings. The third-order valence-corrected chi connectivity index (χ3v) is 2.63. The van der Waals surface area contributed by atoms with Crippen molar-refractivity contribution in [2.75, 3.05) is 19.6 Å². The van der Waals surface area contributed by atoms with Crippen LogP contribution in [-0.2, 0) is 0 Å². The molecule has 88 valence electrons. The average Bonchev–Trinajstić information content (AvgIpc) is 2.80. The number of nitrogens with zero attached hydrogens (tertiary/aromatic N) is 2. The van der Waals surface area contributed by atoms with Crippen molar-refractivity contribution in [2.45, 2.75) is 25.7 Å². The molecule has 1 aliphatic rings. The van der Waals surface area contributed by atoms with E-state index in [9.17, 15) is 4.79 Å².